The van der Waals surface area contributed by atoms with Crippen LogP contribution in [0, 0.1) is 0 Å². The number of pyridine rings is 2. The van der Waals surface area contributed by atoms with E-state index in [2.05, 4.69) is 9.97 Å². The van der Waals surface area contributed by atoms with Gasteiger partial charge in [-0.15, -0.1) is 0 Å². The number of rotatable bonds is 2. The van der Waals surface area contributed by atoms with Crippen LogP contribution in [0.25, 0.3) is 17.0 Å². The van der Waals surface area contributed by atoms with Gasteiger partial charge in [-0.2, -0.15) is 0 Å². The Morgan fingerprint density at radius 1 is 1.22 bits per heavy atom. The predicted molar refractivity (Wildman–Crippen MR) is 69.4 cm³/mol. The highest BCUT2D eigenvalue weighted by atomic mass is 16.5. The maximum Gasteiger partial charge on any atom is 0.181 e. The summed E-state index contributed by atoms with van der Waals surface area (Å²) in [7, 11) is 1.61. The molecule has 90 valence electrons. The summed E-state index contributed by atoms with van der Waals surface area (Å²) in [5, 5.41) is 0. The lowest BCUT2D eigenvalue weighted by molar-refractivity contribution is 0.417. The minimum Gasteiger partial charge on any atom is -0.493 e. The van der Waals surface area contributed by atoms with Gasteiger partial charge >= 0.3 is 0 Å². The summed E-state index contributed by atoms with van der Waals surface area (Å²) in [6.07, 6.45) is 3.57. The van der Waals surface area contributed by atoms with E-state index in [0.29, 0.717) is 22.9 Å². The number of fused-ring (bicyclic) bond motifs is 1. The zero-order valence-electron chi connectivity index (χ0n) is 9.87. The van der Waals surface area contributed by atoms with Crippen molar-refractivity contribution in [3.8, 4) is 17.1 Å². The number of nitrogens with zero attached hydrogens (tertiary/aromatic N) is 3. The molecule has 18 heavy (non-hydrogen) atoms. The largest absolute Gasteiger partial charge is 0.493 e. The first-order valence-corrected chi connectivity index (χ1v) is 5.53. The van der Waals surface area contributed by atoms with E-state index in [0.717, 1.165) is 5.69 Å². The fourth-order valence-corrected chi connectivity index (χ4v) is 1.91. The monoisotopic (exact) mass is 240 g/mol. The van der Waals surface area contributed by atoms with Gasteiger partial charge in [0, 0.05) is 12.4 Å². The third-order valence-corrected chi connectivity index (χ3v) is 2.78. The van der Waals surface area contributed by atoms with Crippen LogP contribution in [0.5, 0.6) is 5.75 Å². The van der Waals surface area contributed by atoms with Crippen LogP contribution in [-0.4, -0.2) is 21.5 Å². The number of aromatic nitrogens is 3. The fourth-order valence-electron chi connectivity index (χ4n) is 1.91. The van der Waals surface area contributed by atoms with E-state index in [9.17, 15) is 0 Å². The van der Waals surface area contributed by atoms with Crippen LogP contribution in [0.1, 0.15) is 0 Å². The van der Waals surface area contributed by atoms with Crippen molar-refractivity contribution in [2.45, 2.75) is 0 Å². The number of nitrogen functional groups attached to an aromatic ring is 1. The first kappa shape index (κ1) is 10.6. The Morgan fingerprint density at radius 3 is 2.83 bits per heavy atom. The molecule has 0 aliphatic carbocycles. The number of nitrogens with two attached hydrogens (primary N) is 1. The lowest BCUT2D eigenvalue weighted by atomic mass is 10.3. The molecule has 0 fully saturated rings. The number of imidazole rings is 1. The van der Waals surface area contributed by atoms with Gasteiger partial charge in [0.15, 0.2) is 11.4 Å². The molecule has 0 unspecified atom stereocenters. The van der Waals surface area contributed by atoms with Gasteiger partial charge in [0.1, 0.15) is 11.5 Å². The highest BCUT2D eigenvalue weighted by Gasteiger charge is 2.14. The standard InChI is InChI=1S/C13H12N4O/c1-18-10-6-4-8-17-12(14)11(16-13(10)17)9-5-2-3-7-15-9/h2-8H,14H2,1H3. The molecule has 5 nitrogen and oxygen atoms in total. The SMILES string of the molecule is COc1cccn2c(N)c(-c3ccccn3)nc12. The summed E-state index contributed by atoms with van der Waals surface area (Å²) in [5.74, 6) is 1.24. The van der Waals surface area contributed by atoms with Crippen LogP contribution in [0.2, 0.25) is 0 Å². The van der Waals surface area contributed by atoms with Gasteiger partial charge in [-0.1, -0.05) is 6.07 Å². The van der Waals surface area contributed by atoms with E-state index >= 15 is 0 Å². The quantitative estimate of drug-likeness (QED) is 0.744. The van der Waals surface area contributed by atoms with Gasteiger partial charge in [-0.3, -0.25) is 9.38 Å². The van der Waals surface area contributed by atoms with Gasteiger partial charge in [0.05, 0.1) is 12.8 Å². The summed E-state index contributed by atoms with van der Waals surface area (Å²) >= 11 is 0. The molecule has 0 radical (unpaired) electrons. The molecule has 0 aliphatic rings. The van der Waals surface area contributed by atoms with Crippen molar-refractivity contribution >= 4 is 11.5 Å². The maximum absolute atomic E-state index is 6.10. The molecule has 0 saturated carbocycles. The minimum atomic E-state index is 0.558. The average molecular weight is 240 g/mol. The highest BCUT2D eigenvalue weighted by molar-refractivity contribution is 5.74. The number of hydrogen-bond donors (Lipinski definition) is 1. The van der Waals surface area contributed by atoms with Gasteiger partial charge in [0.25, 0.3) is 0 Å². The van der Waals surface area contributed by atoms with E-state index in [4.69, 9.17) is 10.5 Å². The average Bonchev–Trinajstić information content (AvgIpc) is 2.77. The number of anilines is 1. The van der Waals surface area contributed by atoms with Crippen LogP contribution >= 0.6 is 0 Å². The number of ether oxygens (including phenoxy) is 1. The van der Waals surface area contributed by atoms with Crippen molar-refractivity contribution in [1.29, 1.82) is 0 Å². The Bertz CT molecular complexity index is 691. The van der Waals surface area contributed by atoms with Gasteiger partial charge in [0.2, 0.25) is 0 Å². The van der Waals surface area contributed by atoms with Crippen LogP contribution in [-0.2, 0) is 0 Å². The molecule has 0 aliphatic heterocycles. The van der Waals surface area contributed by atoms with Crippen molar-refractivity contribution in [3.63, 3.8) is 0 Å². The Kier molecular flexibility index (Phi) is 2.37. The van der Waals surface area contributed by atoms with Crippen LogP contribution in [0.4, 0.5) is 5.82 Å². The molecule has 3 aromatic heterocycles. The van der Waals surface area contributed by atoms with Crippen molar-refractivity contribution in [2.75, 3.05) is 12.8 Å². The molecule has 0 spiro atoms. The summed E-state index contributed by atoms with van der Waals surface area (Å²) in [4.78, 5) is 8.77. The summed E-state index contributed by atoms with van der Waals surface area (Å²) in [6.45, 7) is 0. The van der Waals surface area contributed by atoms with E-state index in [1.54, 1.807) is 17.7 Å². The second-order valence-electron chi connectivity index (χ2n) is 3.83. The van der Waals surface area contributed by atoms with Crippen LogP contribution in [0.3, 0.4) is 0 Å². The molecule has 3 heterocycles. The van der Waals surface area contributed by atoms with E-state index in [1.165, 1.54) is 0 Å². The molecule has 5 heteroatoms. The normalized spacial score (nSPS) is 10.7. The highest BCUT2D eigenvalue weighted by Crippen LogP contribution is 2.28. The molecule has 0 aromatic carbocycles. The predicted octanol–water partition coefficient (Wildman–Crippen LogP) is 1.99. The Balaban J connectivity index is 2.29. The topological polar surface area (TPSA) is 65.4 Å². The van der Waals surface area contributed by atoms with Crippen molar-refractivity contribution in [1.82, 2.24) is 14.4 Å². The Morgan fingerprint density at radius 2 is 2.11 bits per heavy atom. The molecule has 0 bridgehead atoms. The van der Waals surface area contributed by atoms with Crippen molar-refractivity contribution < 1.29 is 4.74 Å². The van der Waals surface area contributed by atoms with Crippen molar-refractivity contribution in [2.24, 2.45) is 0 Å². The zero-order valence-corrected chi connectivity index (χ0v) is 9.87. The van der Waals surface area contributed by atoms with E-state index in [-0.39, 0.29) is 0 Å². The molecule has 2 N–H and O–H groups in total. The molecular formula is C13H12N4O. The van der Waals surface area contributed by atoms with Crippen molar-refractivity contribution in [3.05, 3.63) is 42.7 Å². The summed E-state index contributed by atoms with van der Waals surface area (Å²) in [6, 6.07) is 9.36. The minimum absolute atomic E-state index is 0.558. The summed E-state index contributed by atoms with van der Waals surface area (Å²) in [5.41, 5.74) is 8.21. The molecular weight excluding hydrogens is 228 g/mol. The fraction of sp³-hybridized carbons (Fsp3) is 0.0769. The van der Waals surface area contributed by atoms with Crippen LogP contribution < -0.4 is 10.5 Å². The molecule has 0 amide bonds. The van der Waals surface area contributed by atoms with E-state index in [1.807, 2.05) is 36.5 Å². The molecule has 0 saturated heterocycles. The molecule has 0 atom stereocenters. The Labute approximate surface area is 104 Å². The van der Waals surface area contributed by atoms with Gasteiger partial charge in [-0.25, -0.2) is 4.98 Å². The number of hydrogen-bond acceptors (Lipinski definition) is 4. The lowest BCUT2D eigenvalue weighted by Crippen LogP contribution is -1.95. The smallest absolute Gasteiger partial charge is 0.181 e. The van der Waals surface area contributed by atoms with Gasteiger partial charge in [-0.05, 0) is 24.3 Å². The second-order valence-corrected chi connectivity index (χ2v) is 3.83. The van der Waals surface area contributed by atoms with Gasteiger partial charge < -0.3 is 10.5 Å². The first-order chi connectivity index (χ1) is 8.81. The molecule has 3 aromatic rings. The zero-order chi connectivity index (χ0) is 12.5. The summed E-state index contributed by atoms with van der Waals surface area (Å²) < 4.78 is 7.07. The Hall–Kier alpha value is -2.56. The molecule has 3 rings (SSSR count). The van der Waals surface area contributed by atoms with E-state index < -0.39 is 0 Å². The lowest BCUT2D eigenvalue weighted by Gasteiger charge is -2.01. The third kappa shape index (κ3) is 1.48. The first-order valence-electron chi connectivity index (χ1n) is 5.53. The third-order valence-electron chi connectivity index (χ3n) is 2.78. The number of methoxy groups -OCH3 is 1. The second kappa shape index (κ2) is 4.03. The maximum atomic E-state index is 6.10. The van der Waals surface area contributed by atoms with Crippen LogP contribution in [0.15, 0.2) is 42.7 Å².